The van der Waals surface area contributed by atoms with Crippen molar-refractivity contribution in [3.8, 4) is 0 Å². The second-order valence-electron chi connectivity index (χ2n) is 9.81. The maximum absolute atomic E-state index is 12.6. The molecule has 1 aromatic carbocycles. The maximum atomic E-state index is 12.6. The number of rotatable bonds is 4. The molecule has 1 spiro atoms. The SMILES string of the molecule is O=S1CCN(C2(CO)CCC2)c2nc(N3CC4(CC(c5ccc(Cl)cc5)C4)C3)ncc21. The minimum atomic E-state index is -1.07. The van der Waals surface area contributed by atoms with Crippen LogP contribution in [0, 0.1) is 5.41 Å². The van der Waals surface area contributed by atoms with Crippen molar-refractivity contribution in [2.75, 3.05) is 41.8 Å². The molecule has 1 N–H and O–H groups in total. The Labute approximate surface area is 190 Å². The number of halogens is 1. The zero-order chi connectivity index (χ0) is 21.2. The summed E-state index contributed by atoms with van der Waals surface area (Å²) in [5.74, 6) is 2.70. The molecule has 2 aliphatic carbocycles. The largest absolute Gasteiger partial charge is 0.394 e. The van der Waals surface area contributed by atoms with Crippen molar-refractivity contribution in [3.63, 3.8) is 0 Å². The van der Waals surface area contributed by atoms with E-state index in [-0.39, 0.29) is 12.1 Å². The lowest BCUT2D eigenvalue weighted by atomic mass is 9.56. The molecule has 6 nitrogen and oxygen atoms in total. The molecule has 1 aromatic heterocycles. The predicted molar refractivity (Wildman–Crippen MR) is 122 cm³/mol. The average Bonchev–Trinajstić information content (AvgIpc) is 2.68. The summed E-state index contributed by atoms with van der Waals surface area (Å²) >= 11 is 6.02. The molecule has 2 aliphatic heterocycles. The normalized spacial score (nSPS) is 26.1. The summed E-state index contributed by atoms with van der Waals surface area (Å²) in [6.07, 6.45) is 7.20. The summed E-state index contributed by atoms with van der Waals surface area (Å²) in [7, 11) is -1.07. The molecule has 8 heteroatoms. The van der Waals surface area contributed by atoms with Crippen LogP contribution in [-0.2, 0) is 10.8 Å². The van der Waals surface area contributed by atoms with Crippen molar-refractivity contribution in [1.29, 1.82) is 0 Å². The van der Waals surface area contributed by atoms with Crippen LogP contribution in [0.15, 0.2) is 35.4 Å². The van der Waals surface area contributed by atoms with Gasteiger partial charge >= 0.3 is 0 Å². The fourth-order valence-electron chi connectivity index (χ4n) is 5.93. The first-order valence-electron chi connectivity index (χ1n) is 11.2. The van der Waals surface area contributed by atoms with Gasteiger partial charge in [-0.15, -0.1) is 0 Å². The fourth-order valence-corrected chi connectivity index (χ4v) is 7.15. The van der Waals surface area contributed by atoms with E-state index in [0.29, 0.717) is 23.6 Å². The Balaban J connectivity index is 1.18. The summed E-state index contributed by atoms with van der Waals surface area (Å²) in [5, 5.41) is 10.9. The van der Waals surface area contributed by atoms with Crippen LogP contribution in [0.3, 0.4) is 0 Å². The molecular weight excluding hydrogens is 432 g/mol. The summed E-state index contributed by atoms with van der Waals surface area (Å²) in [5.41, 5.74) is 1.51. The number of fused-ring (bicyclic) bond motifs is 1. The lowest BCUT2D eigenvalue weighted by Crippen LogP contribution is -2.62. The van der Waals surface area contributed by atoms with Gasteiger partial charge in [-0.3, -0.25) is 4.21 Å². The highest BCUT2D eigenvalue weighted by atomic mass is 35.5. The van der Waals surface area contributed by atoms with E-state index in [9.17, 15) is 9.32 Å². The number of anilines is 2. The number of hydrogen-bond acceptors (Lipinski definition) is 6. The molecule has 1 unspecified atom stereocenters. The van der Waals surface area contributed by atoms with E-state index >= 15 is 0 Å². The highest BCUT2D eigenvalue weighted by Crippen LogP contribution is 2.56. The average molecular weight is 459 g/mol. The van der Waals surface area contributed by atoms with Gasteiger partial charge in [-0.2, -0.15) is 4.98 Å². The first-order valence-corrected chi connectivity index (χ1v) is 12.9. The lowest BCUT2D eigenvalue weighted by molar-refractivity contribution is 0.0619. The van der Waals surface area contributed by atoms with Gasteiger partial charge in [0.1, 0.15) is 0 Å². The lowest BCUT2D eigenvalue weighted by Gasteiger charge is -2.59. The summed E-state index contributed by atoms with van der Waals surface area (Å²) in [6.45, 7) is 2.76. The quantitative estimate of drug-likeness (QED) is 0.757. The first-order chi connectivity index (χ1) is 15.0. The fraction of sp³-hybridized carbons (Fsp3) is 0.565. The van der Waals surface area contributed by atoms with Gasteiger partial charge in [-0.1, -0.05) is 23.7 Å². The summed E-state index contributed by atoms with van der Waals surface area (Å²) < 4.78 is 12.6. The zero-order valence-electron chi connectivity index (χ0n) is 17.5. The molecule has 3 fully saturated rings. The summed E-state index contributed by atoms with van der Waals surface area (Å²) in [4.78, 5) is 14.7. The Hall–Kier alpha value is -1.70. The highest BCUT2D eigenvalue weighted by molar-refractivity contribution is 7.85. The number of nitrogens with zero attached hydrogens (tertiary/aromatic N) is 4. The third-order valence-corrected chi connectivity index (χ3v) is 9.50. The van der Waals surface area contributed by atoms with Crippen molar-refractivity contribution >= 4 is 34.2 Å². The smallest absolute Gasteiger partial charge is 0.227 e. The van der Waals surface area contributed by atoms with Crippen LogP contribution in [0.1, 0.15) is 43.6 Å². The Morgan fingerprint density at radius 3 is 2.58 bits per heavy atom. The number of hydrogen-bond donors (Lipinski definition) is 1. The van der Waals surface area contributed by atoms with Crippen LogP contribution in [0.4, 0.5) is 11.8 Å². The Morgan fingerprint density at radius 2 is 1.94 bits per heavy atom. The van der Waals surface area contributed by atoms with Crippen LogP contribution in [0.2, 0.25) is 5.02 Å². The molecule has 4 aliphatic rings. The summed E-state index contributed by atoms with van der Waals surface area (Å²) in [6, 6.07) is 8.25. The van der Waals surface area contributed by atoms with E-state index in [1.165, 1.54) is 18.4 Å². The molecule has 0 radical (unpaired) electrons. The second-order valence-corrected chi connectivity index (χ2v) is 11.8. The maximum Gasteiger partial charge on any atom is 0.227 e. The Kier molecular flexibility index (Phi) is 4.60. The third kappa shape index (κ3) is 3.11. The Morgan fingerprint density at radius 1 is 1.19 bits per heavy atom. The van der Waals surface area contributed by atoms with Crippen molar-refractivity contribution in [1.82, 2.24) is 9.97 Å². The molecule has 31 heavy (non-hydrogen) atoms. The molecule has 0 amide bonds. The second kappa shape index (κ2) is 7.15. The Bertz CT molecular complexity index is 1020. The molecule has 2 aromatic rings. The van der Waals surface area contributed by atoms with Crippen molar-refractivity contribution in [2.45, 2.75) is 48.5 Å². The molecule has 164 valence electrons. The molecule has 2 saturated carbocycles. The highest BCUT2D eigenvalue weighted by Gasteiger charge is 2.53. The van der Waals surface area contributed by atoms with Gasteiger partial charge in [0.15, 0.2) is 5.82 Å². The van der Waals surface area contributed by atoms with E-state index in [1.54, 1.807) is 6.20 Å². The molecule has 0 bridgehead atoms. The van der Waals surface area contributed by atoms with E-state index in [1.807, 2.05) is 12.1 Å². The van der Waals surface area contributed by atoms with Gasteiger partial charge in [0, 0.05) is 35.8 Å². The van der Waals surface area contributed by atoms with E-state index in [4.69, 9.17) is 16.6 Å². The number of aromatic nitrogens is 2. The number of aliphatic hydroxyl groups is 1. The minimum absolute atomic E-state index is 0.122. The standard InChI is InChI=1S/C23H27ClN4O2S/c24-18-4-2-16(3-5-18)17-10-22(11-17)13-27(14-22)21-25-12-19-20(26-21)28(8-9-31(19)30)23(15-29)6-1-7-23/h2-5,12,17,29H,1,6-11,13-15H2. The van der Waals surface area contributed by atoms with E-state index in [0.717, 1.165) is 54.0 Å². The monoisotopic (exact) mass is 458 g/mol. The van der Waals surface area contributed by atoms with Gasteiger partial charge in [0.2, 0.25) is 5.95 Å². The van der Waals surface area contributed by atoms with Gasteiger partial charge in [0.25, 0.3) is 0 Å². The van der Waals surface area contributed by atoms with Crippen LogP contribution >= 0.6 is 11.6 Å². The van der Waals surface area contributed by atoms with Gasteiger partial charge in [-0.25, -0.2) is 4.98 Å². The third-order valence-electron chi connectivity index (χ3n) is 7.91. The van der Waals surface area contributed by atoms with Crippen molar-refractivity contribution < 1.29 is 9.32 Å². The molecular formula is C23H27ClN4O2S. The molecule has 1 saturated heterocycles. The van der Waals surface area contributed by atoms with Gasteiger partial charge in [0.05, 0.1) is 34.0 Å². The van der Waals surface area contributed by atoms with Crippen LogP contribution in [-0.4, -0.2) is 56.8 Å². The predicted octanol–water partition coefficient (Wildman–Crippen LogP) is 3.36. The van der Waals surface area contributed by atoms with Crippen molar-refractivity contribution in [3.05, 3.63) is 41.0 Å². The van der Waals surface area contributed by atoms with Crippen LogP contribution < -0.4 is 9.80 Å². The van der Waals surface area contributed by atoms with Gasteiger partial charge < -0.3 is 14.9 Å². The topological polar surface area (TPSA) is 69.6 Å². The van der Waals surface area contributed by atoms with Gasteiger partial charge in [-0.05, 0) is 55.7 Å². The molecule has 6 rings (SSSR count). The number of benzene rings is 1. The molecule has 3 heterocycles. The van der Waals surface area contributed by atoms with Crippen LogP contribution in [0.5, 0.6) is 0 Å². The first kappa shape index (κ1) is 19.9. The van der Waals surface area contributed by atoms with Crippen LogP contribution in [0.25, 0.3) is 0 Å². The minimum Gasteiger partial charge on any atom is -0.394 e. The van der Waals surface area contributed by atoms with E-state index in [2.05, 4.69) is 26.9 Å². The molecule has 1 atom stereocenters. The van der Waals surface area contributed by atoms with E-state index < -0.39 is 10.8 Å². The number of aliphatic hydroxyl groups excluding tert-OH is 1. The zero-order valence-corrected chi connectivity index (χ0v) is 19.0. The van der Waals surface area contributed by atoms with Crippen molar-refractivity contribution in [2.24, 2.45) is 5.41 Å².